The van der Waals surface area contributed by atoms with E-state index in [1.165, 1.54) is 0 Å². The average molecular weight is 242 g/mol. The molecule has 5 nitrogen and oxygen atoms in total. The third-order valence-corrected chi connectivity index (χ3v) is 3.13. The number of carboxylic acid groups (broad SMARTS) is 1. The van der Waals surface area contributed by atoms with Gasteiger partial charge in [0.25, 0.3) is 0 Å². The maximum Gasteiger partial charge on any atom is 0.326 e. The summed E-state index contributed by atoms with van der Waals surface area (Å²) in [6.07, 6.45) is 4.09. The Bertz CT molecular complexity index is 262. The largest absolute Gasteiger partial charge is 0.480 e. The van der Waals surface area contributed by atoms with E-state index in [4.69, 9.17) is 5.11 Å². The van der Waals surface area contributed by atoms with Crippen LogP contribution >= 0.6 is 0 Å². The van der Waals surface area contributed by atoms with Crippen LogP contribution in [-0.4, -0.2) is 36.1 Å². The molecule has 5 heteroatoms. The van der Waals surface area contributed by atoms with Crippen LogP contribution in [0.5, 0.6) is 0 Å². The molecular formula is C12H22N2O3. The zero-order chi connectivity index (χ0) is 12.7. The Balaban J connectivity index is 2.42. The maximum absolute atomic E-state index is 11.9. The van der Waals surface area contributed by atoms with Gasteiger partial charge < -0.3 is 15.7 Å². The van der Waals surface area contributed by atoms with Crippen molar-refractivity contribution in [2.24, 2.45) is 5.92 Å². The number of aliphatic carboxylic acids is 1. The second kappa shape index (κ2) is 7.27. The molecule has 1 fully saturated rings. The van der Waals surface area contributed by atoms with E-state index in [0.717, 1.165) is 32.2 Å². The van der Waals surface area contributed by atoms with Crippen molar-refractivity contribution in [3.8, 4) is 0 Å². The molecule has 1 heterocycles. The maximum atomic E-state index is 11.9. The summed E-state index contributed by atoms with van der Waals surface area (Å²) in [5.41, 5.74) is 0. The topological polar surface area (TPSA) is 78.4 Å². The smallest absolute Gasteiger partial charge is 0.326 e. The molecule has 0 aromatic heterocycles. The Kier molecular flexibility index (Phi) is 5.97. The van der Waals surface area contributed by atoms with E-state index in [-0.39, 0.29) is 11.8 Å². The van der Waals surface area contributed by atoms with Crippen molar-refractivity contribution in [1.29, 1.82) is 0 Å². The van der Waals surface area contributed by atoms with Crippen LogP contribution in [0, 0.1) is 5.92 Å². The molecule has 0 radical (unpaired) electrons. The predicted molar refractivity (Wildman–Crippen MR) is 64.7 cm³/mol. The van der Waals surface area contributed by atoms with Gasteiger partial charge in [0.15, 0.2) is 0 Å². The molecule has 1 saturated heterocycles. The first-order chi connectivity index (χ1) is 8.15. The minimum atomic E-state index is -0.935. The third-order valence-electron chi connectivity index (χ3n) is 3.13. The average Bonchev–Trinajstić information content (AvgIpc) is 2.35. The highest BCUT2D eigenvalue weighted by atomic mass is 16.4. The lowest BCUT2D eigenvalue weighted by Gasteiger charge is -2.24. The number of amides is 1. The fourth-order valence-electron chi connectivity index (χ4n) is 2.03. The van der Waals surface area contributed by atoms with Crippen molar-refractivity contribution >= 4 is 11.9 Å². The highest BCUT2D eigenvalue weighted by Crippen LogP contribution is 2.11. The quantitative estimate of drug-likeness (QED) is 0.642. The molecule has 0 spiro atoms. The zero-order valence-corrected chi connectivity index (χ0v) is 10.4. The number of rotatable bonds is 6. The normalized spacial score (nSPS) is 21.8. The van der Waals surface area contributed by atoms with E-state index in [9.17, 15) is 9.59 Å². The van der Waals surface area contributed by atoms with Gasteiger partial charge in [0, 0.05) is 6.54 Å². The van der Waals surface area contributed by atoms with Crippen molar-refractivity contribution in [3.05, 3.63) is 0 Å². The van der Waals surface area contributed by atoms with Crippen molar-refractivity contribution in [2.75, 3.05) is 13.1 Å². The van der Waals surface area contributed by atoms with Crippen molar-refractivity contribution < 1.29 is 14.7 Å². The second-order valence-electron chi connectivity index (χ2n) is 4.58. The lowest BCUT2D eigenvalue weighted by Crippen LogP contribution is -2.47. The first kappa shape index (κ1) is 14.0. The van der Waals surface area contributed by atoms with E-state index in [0.29, 0.717) is 13.0 Å². The van der Waals surface area contributed by atoms with Crippen LogP contribution in [0.25, 0.3) is 0 Å². The van der Waals surface area contributed by atoms with Gasteiger partial charge in [0.05, 0.1) is 5.92 Å². The van der Waals surface area contributed by atoms with E-state index in [1.807, 2.05) is 6.92 Å². The van der Waals surface area contributed by atoms with E-state index >= 15 is 0 Å². The van der Waals surface area contributed by atoms with E-state index < -0.39 is 12.0 Å². The SMILES string of the molecule is CCCC[C@H](NC(=O)C1CCCNC1)C(=O)O. The lowest BCUT2D eigenvalue weighted by molar-refractivity contribution is -0.142. The Morgan fingerprint density at radius 3 is 2.82 bits per heavy atom. The van der Waals surface area contributed by atoms with Gasteiger partial charge in [-0.05, 0) is 25.8 Å². The van der Waals surface area contributed by atoms with Crippen LogP contribution in [-0.2, 0) is 9.59 Å². The molecule has 0 aromatic rings. The van der Waals surface area contributed by atoms with Crippen molar-refractivity contribution in [2.45, 2.75) is 45.1 Å². The minimum Gasteiger partial charge on any atom is -0.480 e. The third kappa shape index (κ3) is 4.73. The highest BCUT2D eigenvalue weighted by molar-refractivity contribution is 5.85. The summed E-state index contributed by atoms with van der Waals surface area (Å²) in [7, 11) is 0. The number of carbonyl (C=O) groups excluding carboxylic acids is 1. The molecule has 0 aromatic carbocycles. The summed E-state index contributed by atoms with van der Waals surface area (Å²) in [6, 6.07) is -0.732. The van der Waals surface area contributed by atoms with Gasteiger partial charge in [-0.25, -0.2) is 4.79 Å². The van der Waals surface area contributed by atoms with Crippen LogP contribution in [0.3, 0.4) is 0 Å². The van der Waals surface area contributed by atoms with Gasteiger partial charge in [-0.15, -0.1) is 0 Å². The van der Waals surface area contributed by atoms with Crippen LogP contribution < -0.4 is 10.6 Å². The summed E-state index contributed by atoms with van der Waals surface area (Å²) >= 11 is 0. The Hall–Kier alpha value is -1.10. The molecule has 1 aliphatic heterocycles. The van der Waals surface area contributed by atoms with Crippen LogP contribution in [0.1, 0.15) is 39.0 Å². The Labute approximate surface area is 102 Å². The van der Waals surface area contributed by atoms with E-state index in [1.54, 1.807) is 0 Å². The van der Waals surface area contributed by atoms with Crippen molar-refractivity contribution in [3.63, 3.8) is 0 Å². The molecule has 1 unspecified atom stereocenters. The molecule has 3 N–H and O–H groups in total. The van der Waals surface area contributed by atoms with Crippen LogP contribution in [0.4, 0.5) is 0 Å². The van der Waals surface area contributed by atoms with Gasteiger partial charge in [-0.2, -0.15) is 0 Å². The summed E-state index contributed by atoms with van der Waals surface area (Å²) < 4.78 is 0. The summed E-state index contributed by atoms with van der Waals surface area (Å²) in [5, 5.41) is 14.8. The predicted octanol–water partition coefficient (Wildman–Crippen LogP) is 0.746. The van der Waals surface area contributed by atoms with Gasteiger partial charge in [0.1, 0.15) is 6.04 Å². The van der Waals surface area contributed by atoms with Crippen molar-refractivity contribution in [1.82, 2.24) is 10.6 Å². The van der Waals surface area contributed by atoms with Crippen LogP contribution in [0.2, 0.25) is 0 Å². The fourth-order valence-corrected chi connectivity index (χ4v) is 2.03. The molecule has 1 aliphatic rings. The van der Waals surface area contributed by atoms with Gasteiger partial charge >= 0.3 is 5.97 Å². The number of nitrogens with one attached hydrogen (secondary N) is 2. The van der Waals surface area contributed by atoms with Crippen LogP contribution in [0.15, 0.2) is 0 Å². The molecule has 0 bridgehead atoms. The Morgan fingerprint density at radius 1 is 1.53 bits per heavy atom. The van der Waals surface area contributed by atoms with Gasteiger partial charge in [-0.3, -0.25) is 4.79 Å². The Morgan fingerprint density at radius 2 is 2.29 bits per heavy atom. The first-order valence-electron chi connectivity index (χ1n) is 6.39. The number of carboxylic acids is 1. The molecule has 0 aliphatic carbocycles. The molecule has 0 saturated carbocycles. The molecule has 1 rings (SSSR count). The number of piperidine rings is 1. The zero-order valence-electron chi connectivity index (χ0n) is 10.4. The van der Waals surface area contributed by atoms with Gasteiger partial charge in [-0.1, -0.05) is 19.8 Å². The monoisotopic (exact) mass is 242 g/mol. The molecule has 1 amide bonds. The number of carbonyl (C=O) groups is 2. The standard InChI is InChI=1S/C12H22N2O3/c1-2-3-6-10(12(16)17)14-11(15)9-5-4-7-13-8-9/h9-10,13H,2-8H2,1H3,(H,14,15)(H,16,17)/t9?,10-/m0/s1. The minimum absolute atomic E-state index is 0.0766. The van der Waals surface area contributed by atoms with Gasteiger partial charge in [0.2, 0.25) is 5.91 Å². The molecule has 17 heavy (non-hydrogen) atoms. The summed E-state index contributed by atoms with van der Waals surface area (Å²) in [5.74, 6) is -1.14. The van der Waals surface area contributed by atoms with E-state index in [2.05, 4.69) is 10.6 Å². The molecule has 98 valence electrons. The highest BCUT2D eigenvalue weighted by Gasteiger charge is 2.25. The second-order valence-corrected chi connectivity index (χ2v) is 4.58. The fraction of sp³-hybridized carbons (Fsp3) is 0.833. The number of unbranched alkanes of at least 4 members (excludes halogenated alkanes) is 1. The first-order valence-corrected chi connectivity index (χ1v) is 6.39. The lowest BCUT2D eigenvalue weighted by atomic mass is 9.98. The molecular weight excluding hydrogens is 220 g/mol. The summed E-state index contributed by atoms with van der Waals surface area (Å²) in [4.78, 5) is 22.9. The number of hydrogen-bond donors (Lipinski definition) is 3. The number of hydrogen-bond acceptors (Lipinski definition) is 3. The summed E-state index contributed by atoms with van der Waals surface area (Å²) in [6.45, 7) is 3.61. The molecule has 2 atom stereocenters.